The van der Waals surface area contributed by atoms with Gasteiger partial charge in [-0.1, -0.05) is 0 Å². The van der Waals surface area contributed by atoms with Crippen LogP contribution in [0.1, 0.15) is 0 Å². The van der Waals surface area contributed by atoms with Crippen molar-refractivity contribution in [1.29, 1.82) is 0 Å². The van der Waals surface area contributed by atoms with Crippen molar-refractivity contribution in [2.75, 3.05) is 19.5 Å². The van der Waals surface area contributed by atoms with Gasteiger partial charge in [-0.05, 0) is 24.3 Å². The zero-order valence-corrected chi connectivity index (χ0v) is 8.75. The molecular weight excluding hydrogens is 200 g/mol. The van der Waals surface area contributed by atoms with Gasteiger partial charge in [-0.25, -0.2) is 0 Å². The van der Waals surface area contributed by atoms with Crippen LogP contribution in [-0.2, 0) is 15.5 Å². The summed E-state index contributed by atoms with van der Waals surface area (Å²) in [6.07, 6.45) is 1.93. The fraction of sp³-hybridized carbons (Fsp3) is 0.400. The fourth-order valence-electron chi connectivity index (χ4n) is 1.08. The van der Waals surface area contributed by atoms with E-state index in [1.54, 1.807) is 6.26 Å². The van der Waals surface area contributed by atoms with Gasteiger partial charge in [0.15, 0.2) is 0 Å². The molecule has 4 heteroatoms. The molecule has 1 heterocycles. The van der Waals surface area contributed by atoms with Gasteiger partial charge in [-0.3, -0.25) is 4.21 Å². The minimum Gasteiger partial charge on any atom is -0.491 e. The summed E-state index contributed by atoms with van der Waals surface area (Å²) in [6.45, 7) is 1.41. The van der Waals surface area contributed by atoms with E-state index in [-0.39, 0.29) is 6.10 Å². The molecule has 0 aliphatic carbocycles. The van der Waals surface area contributed by atoms with Crippen molar-refractivity contribution < 1.29 is 13.7 Å². The van der Waals surface area contributed by atoms with Gasteiger partial charge >= 0.3 is 0 Å². The molecule has 1 aromatic rings. The van der Waals surface area contributed by atoms with E-state index in [1.807, 2.05) is 24.3 Å². The highest BCUT2D eigenvalue weighted by Crippen LogP contribution is 2.16. The molecule has 1 aromatic carbocycles. The van der Waals surface area contributed by atoms with Crippen molar-refractivity contribution >= 4 is 10.8 Å². The lowest BCUT2D eigenvalue weighted by atomic mass is 10.3. The summed E-state index contributed by atoms with van der Waals surface area (Å²) in [5.41, 5.74) is 0. The molecule has 1 fully saturated rings. The molecule has 1 aliphatic rings. The lowest BCUT2D eigenvalue weighted by Crippen LogP contribution is -2.03. The summed E-state index contributed by atoms with van der Waals surface area (Å²) < 4.78 is 21.5. The minimum atomic E-state index is -0.918. The van der Waals surface area contributed by atoms with Gasteiger partial charge < -0.3 is 9.47 Å². The number of ether oxygens (including phenoxy) is 2. The zero-order valence-electron chi connectivity index (χ0n) is 7.93. The largest absolute Gasteiger partial charge is 0.491 e. The Balaban J connectivity index is 1.94. The van der Waals surface area contributed by atoms with Gasteiger partial charge in [-0.2, -0.15) is 0 Å². The average Bonchev–Trinajstić information content (AvgIpc) is 2.99. The predicted molar refractivity (Wildman–Crippen MR) is 54.0 cm³/mol. The molecule has 3 nitrogen and oxygen atoms in total. The first-order chi connectivity index (χ1) is 6.75. The number of hydrogen-bond acceptors (Lipinski definition) is 3. The molecule has 0 amide bonds. The van der Waals surface area contributed by atoms with Crippen LogP contribution < -0.4 is 4.74 Å². The minimum absolute atomic E-state index is 0.273. The third-order valence-corrected chi connectivity index (χ3v) is 2.93. The van der Waals surface area contributed by atoms with Crippen LogP contribution in [0.2, 0.25) is 0 Å². The highest BCUT2D eigenvalue weighted by molar-refractivity contribution is 7.84. The second kappa shape index (κ2) is 4.11. The normalized spacial score (nSPS) is 21.6. The maximum absolute atomic E-state index is 11.1. The van der Waals surface area contributed by atoms with Crippen molar-refractivity contribution in [3.63, 3.8) is 0 Å². The zero-order chi connectivity index (χ0) is 9.97. The Bertz CT molecular complexity index is 330. The highest BCUT2D eigenvalue weighted by atomic mass is 32.2. The molecule has 0 radical (unpaired) electrons. The Morgan fingerprint density at radius 3 is 2.64 bits per heavy atom. The molecular formula is C10H12O3S. The van der Waals surface area contributed by atoms with Gasteiger partial charge in [0.05, 0.1) is 6.61 Å². The number of rotatable bonds is 4. The van der Waals surface area contributed by atoms with Gasteiger partial charge in [0.2, 0.25) is 0 Å². The van der Waals surface area contributed by atoms with Gasteiger partial charge in [0.1, 0.15) is 18.5 Å². The maximum atomic E-state index is 11.1. The van der Waals surface area contributed by atoms with Crippen molar-refractivity contribution in [2.24, 2.45) is 0 Å². The Morgan fingerprint density at radius 1 is 1.50 bits per heavy atom. The number of hydrogen-bond donors (Lipinski definition) is 0. The molecule has 0 bridgehead atoms. The lowest BCUT2D eigenvalue weighted by Gasteiger charge is -2.04. The van der Waals surface area contributed by atoms with Gasteiger partial charge in [-0.15, -0.1) is 0 Å². The highest BCUT2D eigenvalue weighted by Gasteiger charge is 2.22. The van der Waals surface area contributed by atoms with Crippen LogP contribution in [0.15, 0.2) is 29.2 Å². The van der Waals surface area contributed by atoms with E-state index in [1.165, 1.54) is 0 Å². The molecule has 0 saturated carbocycles. The van der Waals surface area contributed by atoms with Crippen LogP contribution in [0, 0.1) is 0 Å². The third kappa shape index (κ3) is 2.56. The van der Waals surface area contributed by atoms with Gasteiger partial charge in [0, 0.05) is 22.0 Å². The number of epoxide rings is 1. The summed E-state index contributed by atoms with van der Waals surface area (Å²) in [7, 11) is -0.918. The molecule has 0 aromatic heterocycles. The first-order valence-electron chi connectivity index (χ1n) is 4.43. The second-order valence-electron chi connectivity index (χ2n) is 3.19. The van der Waals surface area contributed by atoms with Crippen LogP contribution in [-0.4, -0.2) is 29.8 Å². The summed E-state index contributed by atoms with van der Waals surface area (Å²) in [6, 6.07) is 7.30. The maximum Gasteiger partial charge on any atom is 0.119 e. The predicted octanol–water partition coefficient (Wildman–Crippen LogP) is 1.20. The van der Waals surface area contributed by atoms with Gasteiger partial charge in [0.25, 0.3) is 0 Å². The summed E-state index contributed by atoms with van der Waals surface area (Å²) >= 11 is 0. The van der Waals surface area contributed by atoms with Crippen LogP contribution in [0.5, 0.6) is 5.75 Å². The van der Waals surface area contributed by atoms with Crippen molar-refractivity contribution in [3.05, 3.63) is 24.3 Å². The van der Waals surface area contributed by atoms with E-state index < -0.39 is 10.8 Å². The Morgan fingerprint density at radius 2 is 2.14 bits per heavy atom. The third-order valence-electron chi connectivity index (χ3n) is 1.99. The lowest BCUT2D eigenvalue weighted by molar-refractivity contribution is 0.263. The fourth-order valence-corrected chi connectivity index (χ4v) is 1.60. The average molecular weight is 212 g/mol. The molecule has 0 N–H and O–H groups in total. The molecule has 76 valence electrons. The SMILES string of the molecule is CS(=O)c1ccc(OCC2CO2)cc1. The summed E-state index contributed by atoms with van der Waals surface area (Å²) in [4.78, 5) is 0.819. The summed E-state index contributed by atoms with van der Waals surface area (Å²) in [5.74, 6) is 0.801. The van der Waals surface area contributed by atoms with E-state index in [0.717, 1.165) is 17.3 Å². The topological polar surface area (TPSA) is 38.8 Å². The molecule has 1 aliphatic heterocycles. The smallest absolute Gasteiger partial charge is 0.119 e. The van der Waals surface area contributed by atoms with Crippen LogP contribution >= 0.6 is 0 Å². The standard InChI is InChI=1S/C10H12O3S/c1-14(11)10-4-2-8(3-5-10)12-6-9-7-13-9/h2-5,9H,6-7H2,1H3. The van der Waals surface area contributed by atoms with E-state index in [9.17, 15) is 4.21 Å². The van der Waals surface area contributed by atoms with Crippen molar-refractivity contribution in [3.8, 4) is 5.75 Å². The molecule has 0 spiro atoms. The van der Waals surface area contributed by atoms with E-state index in [2.05, 4.69) is 0 Å². The van der Waals surface area contributed by atoms with Crippen LogP contribution in [0.4, 0.5) is 0 Å². The number of benzene rings is 1. The monoisotopic (exact) mass is 212 g/mol. The Labute approximate surface area is 85.5 Å². The molecule has 2 unspecified atom stereocenters. The molecule has 2 atom stereocenters. The van der Waals surface area contributed by atoms with E-state index in [4.69, 9.17) is 9.47 Å². The molecule has 2 rings (SSSR count). The van der Waals surface area contributed by atoms with E-state index in [0.29, 0.717) is 6.61 Å². The van der Waals surface area contributed by atoms with Crippen LogP contribution in [0.3, 0.4) is 0 Å². The van der Waals surface area contributed by atoms with Crippen LogP contribution in [0.25, 0.3) is 0 Å². The molecule has 1 saturated heterocycles. The Hall–Kier alpha value is -0.870. The quantitative estimate of drug-likeness (QED) is 0.704. The first-order valence-corrected chi connectivity index (χ1v) is 5.99. The molecule has 14 heavy (non-hydrogen) atoms. The Kier molecular flexibility index (Phi) is 2.84. The van der Waals surface area contributed by atoms with Crippen molar-refractivity contribution in [2.45, 2.75) is 11.0 Å². The first kappa shape index (κ1) is 9.68. The van der Waals surface area contributed by atoms with E-state index >= 15 is 0 Å². The summed E-state index contributed by atoms with van der Waals surface area (Å²) in [5, 5.41) is 0. The second-order valence-corrected chi connectivity index (χ2v) is 4.57. The van der Waals surface area contributed by atoms with Crippen molar-refractivity contribution in [1.82, 2.24) is 0 Å².